The molecular weight excluding hydrogens is 208 g/mol. The molecule has 1 heterocycles. The Morgan fingerprint density at radius 3 is 2.93 bits per heavy atom. The van der Waals surface area contributed by atoms with E-state index in [9.17, 15) is 4.79 Å². The van der Waals surface area contributed by atoms with Crippen LogP contribution in [0.5, 0.6) is 0 Å². The second-order valence-electron chi connectivity index (χ2n) is 3.57. The topological polar surface area (TPSA) is 26.3 Å². The number of rotatable bonds is 3. The molecule has 1 aliphatic rings. The molecule has 80 valence electrons. The highest BCUT2D eigenvalue weighted by molar-refractivity contribution is 7.98. The third-order valence-electron chi connectivity index (χ3n) is 2.59. The van der Waals surface area contributed by atoms with Crippen molar-refractivity contribution in [2.24, 2.45) is 0 Å². The summed E-state index contributed by atoms with van der Waals surface area (Å²) in [6.45, 7) is 0.720. The molecule has 1 atom stereocenters. The lowest BCUT2D eigenvalue weighted by Crippen LogP contribution is -2.19. The van der Waals surface area contributed by atoms with Crippen molar-refractivity contribution in [3.05, 3.63) is 29.8 Å². The number of thioether (sulfide) groups is 1. The van der Waals surface area contributed by atoms with Gasteiger partial charge in [-0.2, -0.15) is 0 Å². The van der Waals surface area contributed by atoms with Crippen LogP contribution in [0.4, 0.5) is 0 Å². The monoisotopic (exact) mass is 222 g/mol. The van der Waals surface area contributed by atoms with Gasteiger partial charge in [-0.3, -0.25) is 4.79 Å². The number of carbonyl (C=O) groups excluding carboxylic acids is 1. The molecule has 1 aromatic rings. The van der Waals surface area contributed by atoms with Crippen LogP contribution >= 0.6 is 11.8 Å². The van der Waals surface area contributed by atoms with Crippen LogP contribution < -0.4 is 0 Å². The number of ketones is 1. The maximum atomic E-state index is 12.1. The third kappa shape index (κ3) is 2.24. The van der Waals surface area contributed by atoms with Crippen molar-refractivity contribution in [1.82, 2.24) is 0 Å². The van der Waals surface area contributed by atoms with E-state index in [-0.39, 0.29) is 11.9 Å². The quantitative estimate of drug-likeness (QED) is 0.581. The Hall–Kier alpha value is -0.800. The van der Waals surface area contributed by atoms with Crippen LogP contribution in [0.1, 0.15) is 23.2 Å². The number of hydrogen-bond acceptors (Lipinski definition) is 3. The zero-order valence-corrected chi connectivity index (χ0v) is 9.55. The van der Waals surface area contributed by atoms with Gasteiger partial charge in [0.05, 0.1) is 0 Å². The van der Waals surface area contributed by atoms with Crippen LogP contribution in [0.15, 0.2) is 29.2 Å². The first-order valence-electron chi connectivity index (χ1n) is 5.12. The van der Waals surface area contributed by atoms with Crippen LogP contribution in [-0.4, -0.2) is 24.7 Å². The second kappa shape index (κ2) is 4.81. The zero-order chi connectivity index (χ0) is 10.7. The first-order valence-corrected chi connectivity index (χ1v) is 6.34. The summed E-state index contributed by atoms with van der Waals surface area (Å²) in [7, 11) is 0. The molecule has 1 aromatic carbocycles. The molecule has 1 aliphatic heterocycles. The van der Waals surface area contributed by atoms with Gasteiger partial charge in [-0.05, 0) is 25.2 Å². The van der Waals surface area contributed by atoms with Crippen LogP contribution in [0.2, 0.25) is 0 Å². The Kier molecular flexibility index (Phi) is 3.44. The van der Waals surface area contributed by atoms with Gasteiger partial charge in [0.1, 0.15) is 6.10 Å². The molecule has 2 nitrogen and oxygen atoms in total. The van der Waals surface area contributed by atoms with Crippen molar-refractivity contribution < 1.29 is 9.53 Å². The van der Waals surface area contributed by atoms with Crippen molar-refractivity contribution in [2.45, 2.75) is 23.8 Å². The average Bonchev–Trinajstić information content (AvgIpc) is 2.81. The molecule has 15 heavy (non-hydrogen) atoms. The second-order valence-corrected chi connectivity index (χ2v) is 4.41. The highest BCUT2D eigenvalue weighted by Crippen LogP contribution is 2.24. The van der Waals surface area contributed by atoms with Crippen molar-refractivity contribution in [3.8, 4) is 0 Å². The number of Topliss-reactive ketones (excluding diaryl/α,β-unsaturated/α-hetero) is 1. The summed E-state index contributed by atoms with van der Waals surface area (Å²) in [5.41, 5.74) is 0.803. The van der Waals surface area contributed by atoms with E-state index in [1.165, 1.54) is 0 Å². The Morgan fingerprint density at radius 1 is 1.47 bits per heavy atom. The molecule has 0 radical (unpaired) electrons. The van der Waals surface area contributed by atoms with Gasteiger partial charge >= 0.3 is 0 Å². The van der Waals surface area contributed by atoms with Crippen LogP contribution in [0, 0.1) is 0 Å². The predicted octanol–water partition coefficient (Wildman–Crippen LogP) is 2.77. The van der Waals surface area contributed by atoms with E-state index in [1.807, 2.05) is 30.5 Å². The lowest BCUT2D eigenvalue weighted by atomic mass is 10.0. The molecule has 1 unspecified atom stereocenters. The third-order valence-corrected chi connectivity index (χ3v) is 3.39. The molecule has 0 saturated carbocycles. The molecule has 1 fully saturated rings. The van der Waals surface area contributed by atoms with E-state index >= 15 is 0 Å². The van der Waals surface area contributed by atoms with E-state index in [0.717, 1.165) is 29.9 Å². The van der Waals surface area contributed by atoms with Gasteiger partial charge in [-0.25, -0.2) is 0 Å². The molecule has 0 aliphatic carbocycles. The highest BCUT2D eigenvalue weighted by atomic mass is 32.2. The van der Waals surface area contributed by atoms with Crippen LogP contribution in [-0.2, 0) is 4.74 Å². The molecule has 0 aromatic heterocycles. The molecule has 0 N–H and O–H groups in total. The van der Waals surface area contributed by atoms with E-state index < -0.39 is 0 Å². The van der Waals surface area contributed by atoms with Gasteiger partial charge in [-0.1, -0.05) is 18.2 Å². The van der Waals surface area contributed by atoms with Gasteiger partial charge in [-0.15, -0.1) is 11.8 Å². The molecule has 0 amide bonds. The highest BCUT2D eigenvalue weighted by Gasteiger charge is 2.25. The first-order chi connectivity index (χ1) is 7.33. The minimum absolute atomic E-state index is 0.137. The summed E-state index contributed by atoms with van der Waals surface area (Å²) in [6, 6.07) is 7.72. The summed E-state index contributed by atoms with van der Waals surface area (Å²) in [5, 5.41) is 0. The van der Waals surface area contributed by atoms with Crippen LogP contribution in [0.25, 0.3) is 0 Å². The molecule has 0 spiro atoms. The Balaban J connectivity index is 2.24. The van der Waals surface area contributed by atoms with Crippen molar-refractivity contribution in [3.63, 3.8) is 0 Å². The minimum Gasteiger partial charge on any atom is -0.370 e. The summed E-state index contributed by atoms with van der Waals surface area (Å²) in [6.07, 6.45) is 3.64. The predicted molar refractivity (Wildman–Crippen MR) is 61.5 cm³/mol. The number of benzene rings is 1. The Morgan fingerprint density at radius 2 is 2.27 bits per heavy atom. The summed E-state index contributed by atoms with van der Waals surface area (Å²) in [4.78, 5) is 13.1. The smallest absolute Gasteiger partial charge is 0.192 e. The van der Waals surface area contributed by atoms with Gasteiger partial charge < -0.3 is 4.74 Å². The number of hydrogen-bond donors (Lipinski definition) is 0. The summed E-state index contributed by atoms with van der Waals surface area (Å²) >= 11 is 1.61. The molecule has 1 saturated heterocycles. The van der Waals surface area contributed by atoms with Gasteiger partial charge in [0, 0.05) is 17.1 Å². The van der Waals surface area contributed by atoms with Gasteiger partial charge in [0.15, 0.2) is 5.78 Å². The first kappa shape index (κ1) is 10.7. The van der Waals surface area contributed by atoms with Crippen molar-refractivity contribution in [1.29, 1.82) is 0 Å². The normalized spacial score (nSPS) is 20.5. The maximum absolute atomic E-state index is 12.1. The van der Waals surface area contributed by atoms with Crippen LogP contribution in [0.3, 0.4) is 0 Å². The van der Waals surface area contributed by atoms with E-state index in [2.05, 4.69) is 0 Å². The van der Waals surface area contributed by atoms with Gasteiger partial charge in [0.25, 0.3) is 0 Å². The fraction of sp³-hybridized carbons (Fsp3) is 0.417. The van der Waals surface area contributed by atoms with E-state index in [4.69, 9.17) is 4.74 Å². The van der Waals surface area contributed by atoms with E-state index in [1.54, 1.807) is 11.8 Å². The molecular formula is C12H14O2S. The summed E-state index contributed by atoms with van der Waals surface area (Å²) < 4.78 is 5.41. The SMILES string of the molecule is CSc1ccccc1C(=O)C1CCCO1. The average molecular weight is 222 g/mol. The fourth-order valence-electron chi connectivity index (χ4n) is 1.81. The number of ether oxygens (including phenoxy) is 1. The lowest BCUT2D eigenvalue weighted by Gasteiger charge is -2.10. The Bertz CT molecular complexity index is 356. The van der Waals surface area contributed by atoms with Crippen molar-refractivity contribution >= 4 is 17.5 Å². The molecule has 2 rings (SSSR count). The molecule has 0 bridgehead atoms. The minimum atomic E-state index is -0.210. The number of carbonyl (C=O) groups is 1. The summed E-state index contributed by atoms with van der Waals surface area (Å²) in [5.74, 6) is 0.137. The van der Waals surface area contributed by atoms with E-state index in [0.29, 0.717) is 0 Å². The molecule has 3 heteroatoms. The zero-order valence-electron chi connectivity index (χ0n) is 8.73. The maximum Gasteiger partial charge on any atom is 0.192 e. The largest absolute Gasteiger partial charge is 0.370 e. The lowest BCUT2D eigenvalue weighted by molar-refractivity contribution is 0.0640. The fourth-order valence-corrected chi connectivity index (χ4v) is 2.41. The van der Waals surface area contributed by atoms with Gasteiger partial charge in [0.2, 0.25) is 0 Å². The Labute approximate surface area is 94.0 Å². The standard InChI is InChI=1S/C12H14O2S/c1-15-11-7-3-2-5-9(11)12(13)10-6-4-8-14-10/h2-3,5,7,10H,4,6,8H2,1H3. The van der Waals surface area contributed by atoms with Crippen molar-refractivity contribution in [2.75, 3.05) is 12.9 Å².